The summed E-state index contributed by atoms with van der Waals surface area (Å²) in [7, 11) is 0. The van der Waals surface area contributed by atoms with Crippen molar-refractivity contribution in [2.45, 2.75) is 32.6 Å². The summed E-state index contributed by atoms with van der Waals surface area (Å²) in [6, 6.07) is 32.0. The molecule has 2 aliphatic heterocycles. The lowest BCUT2D eigenvalue weighted by atomic mass is 10.1. The number of hydrogen-bond acceptors (Lipinski definition) is 6. The Balaban J connectivity index is 1.21. The van der Waals surface area contributed by atoms with Crippen LogP contribution >= 0.6 is 0 Å². The van der Waals surface area contributed by atoms with Gasteiger partial charge in [0, 0.05) is 28.4 Å². The molecule has 0 radical (unpaired) electrons. The van der Waals surface area contributed by atoms with Gasteiger partial charge in [0.05, 0.1) is 50.1 Å². The predicted molar refractivity (Wildman–Crippen MR) is 172 cm³/mol. The Morgan fingerprint density at radius 3 is 1.69 bits per heavy atom. The summed E-state index contributed by atoms with van der Waals surface area (Å²) in [5, 5.41) is 16.3. The fraction of sp³-hybridized carbons (Fsp3) is 0.257. The van der Waals surface area contributed by atoms with Gasteiger partial charge in [-0.2, -0.15) is 10.2 Å². The number of nitrogens with zero attached hydrogens (tertiary/aromatic N) is 5. The van der Waals surface area contributed by atoms with Gasteiger partial charge in [0.2, 0.25) is 0 Å². The third-order valence-electron chi connectivity index (χ3n) is 7.87. The number of anilines is 2. The Morgan fingerprint density at radius 2 is 1.21 bits per heavy atom. The van der Waals surface area contributed by atoms with Crippen molar-refractivity contribution >= 4 is 45.6 Å². The highest BCUT2D eigenvalue weighted by molar-refractivity contribution is 6.11. The van der Waals surface area contributed by atoms with Crippen molar-refractivity contribution in [1.82, 2.24) is 4.57 Å². The molecule has 42 heavy (non-hydrogen) atoms. The van der Waals surface area contributed by atoms with Crippen LogP contribution in [0.3, 0.4) is 0 Å². The molecule has 0 N–H and O–H groups in total. The molecule has 7 heteroatoms. The monoisotopic (exact) mass is 557 g/mol. The molecule has 1 aromatic heterocycles. The Morgan fingerprint density at radius 1 is 0.714 bits per heavy atom. The predicted octanol–water partition coefficient (Wildman–Crippen LogP) is 6.60. The minimum Gasteiger partial charge on any atom is -0.371 e. The molecule has 0 spiro atoms. The third-order valence-corrected chi connectivity index (χ3v) is 7.87. The second-order valence-corrected chi connectivity index (χ2v) is 11.0. The molecule has 3 heterocycles. The molecule has 2 fully saturated rings. The molecule has 0 amide bonds. The van der Waals surface area contributed by atoms with E-state index < -0.39 is 0 Å². The van der Waals surface area contributed by atoms with Gasteiger partial charge in [-0.3, -0.25) is 10.0 Å². The van der Waals surface area contributed by atoms with Crippen molar-refractivity contribution < 1.29 is 9.47 Å². The molecule has 2 unspecified atom stereocenters. The Bertz CT molecular complexity index is 1750. The summed E-state index contributed by atoms with van der Waals surface area (Å²) in [4.78, 5) is 0. The molecule has 0 saturated carbocycles. The average molecular weight is 558 g/mol. The van der Waals surface area contributed by atoms with Gasteiger partial charge < -0.3 is 14.0 Å². The molecule has 7 nitrogen and oxygen atoms in total. The summed E-state index contributed by atoms with van der Waals surface area (Å²) >= 11 is 0. The van der Waals surface area contributed by atoms with Gasteiger partial charge in [-0.15, -0.1) is 0 Å². The molecule has 212 valence electrons. The number of rotatable bonds is 11. The van der Waals surface area contributed by atoms with E-state index in [0.29, 0.717) is 0 Å². The number of aromatic nitrogens is 1. The maximum atomic E-state index is 5.51. The van der Waals surface area contributed by atoms with Crippen molar-refractivity contribution in [2.75, 3.05) is 36.3 Å². The van der Waals surface area contributed by atoms with Gasteiger partial charge in [-0.25, -0.2) is 0 Å². The Labute approximate surface area is 246 Å². The molecule has 5 aromatic rings. The fourth-order valence-corrected chi connectivity index (χ4v) is 5.40. The zero-order chi connectivity index (χ0) is 28.5. The van der Waals surface area contributed by atoms with E-state index in [1.54, 1.807) is 0 Å². The maximum Gasteiger partial charge on any atom is 0.101 e. The van der Waals surface area contributed by atoms with E-state index in [4.69, 9.17) is 19.7 Å². The summed E-state index contributed by atoms with van der Waals surface area (Å²) in [5.74, 6) is 0. The summed E-state index contributed by atoms with van der Waals surface area (Å²) in [6.07, 6.45) is 4.39. The van der Waals surface area contributed by atoms with E-state index in [9.17, 15) is 0 Å². The SMILES string of the molecule is CCn1c2ccc(C=NN(CC3CO3)c3ccccc3)cc2c2cc(C=NN(CC3CO3)c3ccc(C)cc3)ccc21. The van der Waals surface area contributed by atoms with Gasteiger partial charge in [0.15, 0.2) is 0 Å². The van der Waals surface area contributed by atoms with Crippen LogP contribution in [0.2, 0.25) is 0 Å². The first-order chi connectivity index (χ1) is 20.6. The highest BCUT2D eigenvalue weighted by Gasteiger charge is 2.26. The quantitative estimate of drug-likeness (QED) is 0.104. The van der Waals surface area contributed by atoms with Crippen molar-refractivity contribution in [3.8, 4) is 0 Å². The molecule has 2 aliphatic rings. The van der Waals surface area contributed by atoms with Crippen LogP contribution in [0.25, 0.3) is 21.8 Å². The summed E-state index contributed by atoms with van der Waals surface area (Å²) in [6.45, 7) is 8.27. The molecule has 2 saturated heterocycles. The topological polar surface area (TPSA) is 61.2 Å². The van der Waals surface area contributed by atoms with E-state index in [2.05, 4.69) is 91.2 Å². The van der Waals surface area contributed by atoms with Gasteiger partial charge in [-0.1, -0.05) is 48.0 Å². The fourth-order valence-electron chi connectivity index (χ4n) is 5.40. The van der Waals surface area contributed by atoms with Crippen LogP contribution in [-0.4, -0.2) is 55.5 Å². The molecule has 2 atom stereocenters. The number of hydrogen-bond donors (Lipinski definition) is 0. The van der Waals surface area contributed by atoms with Gasteiger partial charge in [0.1, 0.15) is 12.2 Å². The number of benzene rings is 4. The molecule has 7 rings (SSSR count). The van der Waals surface area contributed by atoms with Gasteiger partial charge in [-0.05, 0) is 73.5 Å². The highest BCUT2D eigenvalue weighted by atomic mass is 16.6. The molecular weight excluding hydrogens is 522 g/mol. The van der Waals surface area contributed by atoms with Crippen LogP contribution in [0.15, 0.2) is 101 Å². The second kappa shape index (κ2) is 11.4. The zero-order valence-corrected chi connectivity index (χ0v) is 24.1. The molecular formula is C35H35N5O2. The standard InChI is InChI=1S/C35H35N5O2/c1-3-38-34-15-11-26(19-36-39(21-30-23-41-30)28-7-5-4-6-8-28)17-32(34)33-18-27(12-16-35(33)38)20-37-40(22-31-24-42-31)29-13-9-25(2)10-14-29/h4-20,30-31H,3,21-24H2,1-2H3. The number of para-hydroxylation sites is 1. The van der Waals surface area contributed by atoms with Crippen LogP contribution < -0.4 is 10.0 Å². The molecule has 4 aromatic carbocycles. The molecule has 0 bridgehead atoms. The Kier molecular flexibility index (Phi) is 7.20. The first-order valence-corrected chi connectivity index (χ1v) is 14.7. The number of hydrazone groups is 2. The van der Waals surface area contributed by atoms with Crippen LogP contribution in [0, 0.1) is 6.92 Å². The summed E-state index contributed by atoms with van der Waals surface area (Å²) in [5.41, 5.74) is 7.92. The third kappa shape index (κ3) is 5.79. The van der Waals surface area contributed by atoms with E-state index in [-0.39, 0.29) is 12.2 Å². The maximum absolute atomic E-state index is 5.51. The van der Waals surface area contributed by atoms with E-state index in [0.717, 1.165) is 55.3 Å². The highest BCUT2D eigenvalue weighted by Crippen LogP contribution is 2.31. The average Bonchev–Trinajstić information content (AvgIpc) is 3.97. The van der Waals surface area contributed by atoms with Crippen molar-refractivity contribution in [2.24, 2.45) is 10.2 Å². The van der Waals surface area contributed by atoms with Crippen LogP contribution in [-0.2, 0) is 16.0 Å². The van der Waals surface area contributed by atoms with Crippen LogP contribution in [0.1, 0.15) is 23.6 Å². The van der Waals surface area contributed by atoms with Gasteiger partial charge >= 0.3 is 0 Å². The van der Waals surface area contributed by atoms with Crippen molar-refractivity contribution in [3.05, 3.63) is 108 Å². The van der Waals surface area contributed by atoms with E-state index in [1.807, 2.05) is 40.6 Å². The largest absolute Gasteiger partial charge is 0.371 e. The van der Waals surface area contributed by atoms with Crippen molar-refractivity contribution in [3.63, 3.8) is 0 Å². The lowest BCUT2D eigenvalue weighted by Gasteiger charge is -2.18. The molecule has 0 aliphatic carbocycles. The number of ether oxygens (including phenoxy) is 2. The normalized spacial score (nSPS) is 18.0. The van der Waals surface area contributed by atoms with Crippen LogP contribution in [0.5, 0.6) is 0 Å². The number of aryl methyl sites for hydroxylation is 2. The lowest BCUT2D eigenvalue weighted by Crippen LogP contribution is -2.22. The smallest absolute Gasteiger partial charge is 0.101 e. The second-order valence-electron chi connectivity index (χ2n) is 11.0. The zero-order valence-electron chi connectivity index (χ0n) is 24.1. The first kappa shape index (κ1) is 26.4. The first-order valence-electron chi connectivity index (χ1n) is 14.7. The van der Waals surface area contributed by atoms with Crippen molar-refractivity contribution in [1.29, 1.82) is 0 Å². The van der Waals surface area contributed by atoms with Crippen LogP contribution in [0.4, 0.5) is 11.4 Å². The Hall–Kier alpha value is -4.46. The number of epoxide rings is 2. The van der Waals surface area contributed by atoms with Gasteiger partial charge in [0.25, 0.3) is 0 Å². The minimum absolute atomic E-state index is 0.239. The number of fused-ring (bicyclic) bond motifs is 3. The van der Waals surface area contributed by atoms with E-state index in [1.165, 1.54) is 27.4 Å². The lowest BCUT2D eigenvalue weighted by molar-refractivity contribution is 0.408. The van der Waals surface area contributed by atoms with E-state index >= 15 is 0 Å². The summed E-state index contributed by atoms with van der Waals surface area (Å²) < 4.78 is 13.4. The minimum atomic E-state index is 0.239.